The number of carboxylic acid groups (broad SMARTS) is 1. The van der Waals surface area contributed by atoms with Crippen LogP contribution in [0.3, 0.4) is 0 Å². The average molecular weight is 280 g/mol. The number of carbonyl (C=O) groups is 2. The molecule has 2 atom stereocenters. The molecule has 6 heteroatoms. The predicted molar refractivity (Wildman–Crippen MR) is 74.4 cm³/mol. The Morgan fingerprint density at radius 3 is 2.45 bits per heavy atom. The molecule has 0 aliphatic heterocycles. The molecule has 1 rings (SSSR count). The smallest absolute Gasteiger partial charge is 0.330 e. The number of hydrogen-bond donors (Lipinski definition) is 3. The summed E-state index contributed by atoms with van der Waals surface area (Å²) in [6.45, 7) is 4.60. The van der Waals surface area contributed by atoms with Crippen molar-refractivity contribution >= 4 is 12.0 Å². The van der Waals surface area contributed by atoms with Gasteiger partial charge in [0.2, 0.25) is 0 Å². The molecule has 0 aromatic heterocycles. The maximum Gasteiger partial charge on any atom is 0.330 e. The first-order valence-corrected chi connectivity index (χ1v) is 6.47. The molecule has 0 bridgehead atoms. The van der Waals surface area contributed by atoms with Gasteiger partial charge in [0, 0.05) is 6.61 Å². The molecule has 0 radical (unpaired) electrons. The molecule has 2 amide bonds. The van der Waals surface area contributed by atoms with Crippen LogP contribution in [-0.2, 0) is 9.53 Å². The number of benzene rings is 1. The van der Waals surface area contributed by atoms with Crippen LogP contribution in [0.4, 0.5) is 4.79 Å². The lowest BCUT2D eigenvalue weighted by Crippen LogP contribution is -2.45. The van der Waals surface area contributed by atoms with Crippen LogP contribution in [0.25, 0.3) is 0 Å². The number of nitrogens with one attached hydrogen (secondary N) is 2. The van der Waals surface area contributed by atoms with Crippen molar-refractivity contribution < 1.29 is 19.4 Å². The third-order valence-electron chi connectivity index (χ3n) is 2.60. The molecule has 0 spiro atoms. The Balaban J connectivity index is 2.59. The lowest BCUT2D eigenvalue weighted by atomic mass is 10.1. The van der Waals surface area contributed by atoms with Crippen molar-refractivity contribution in [3.8, 4) is 0 Å². The standard InChI is InChI=1S/C14H20N2O4/c1-3-20-9-10(2)15-14(19)16-12(13(17)18)11-7-5-4-6-8-11/h4-8,10,12H,3,9H2,1-2H3,(H,17,18)(H2,15,16,19)/t10?,12-/m0/s1. The minimum absolute atomic E-state index is 0.194. The minimum Gasteiger partial charge on any atom is -0.479 e. The number of carboxylic acids is 1. The quantitative estimate of drug-likeness (QED) is 0.707. The molecule has 110 valence electrons. The Labute approximate surface area is 118 Å². The second kappa shape index (κ2) is 8.16. The number of ether oxygens (including phenoxy) is 1. The number of carbonyl (C=O) groups excluding carboxylic acids is 1. The minimum atomic E-state index is -1.11. The summed E-state index contributed by atoms with van der Waals surface area (Å²) in [5.41, 5.74) is 0.521. The Hall–Kier alpha value is -2.08. The first-order valence-electron chi connectivity index (χ1n) is 6.47. The lowest BCUT2D eigenvalue weighted by Gasteiger charge is -2.18. The fraction of sp³-hybridized carbons (Fsp3) is 0.429. The van der Waals surface area contributed by atoms with Gasteiger partial charge < -0.3 is 20.5 Å². The van der Waals surface area contributed by atoms with Gasteiger partial charge in [0.25, 0.3) is 0 Å². The van der Waals surface area contributed by atoms with E-state index in [-0.39, 0.29) is 6.04 Å². The van der Waals surface area contributed by atoms with E-state index in [4.69, 9.17) is 4.74 Å². The lowest BCUT2D eigenvalue weighted by molar-refractivity contribution is -0.139. The summed E-state index contributed by atoms with van der Waals surface area (Å²) in [5, 5.41) is 14.3. The van der Waals surface area contributed by atoms with Crippen molar-refractivity contribution in [2.45, 2.75) is 25.9 Å². The number of aliphatic carboxylic acids is 1. The number of amides is 2. The van der Waals surface area contributed by atoms with Crippen LogP contribution in [0.1, 0.15) is 25.5 Å². The molecule has 1 aromatic rings. The van der Waals surface area contributed by atoms with E-state index in [0.717, 1.165) is 0 Å². The van der Waals surface area contributed by atoms with Crippen molar-refractivity contribution in [3.05, 3.63) is 35.9 Å². The van der Waals surface area contributed by atoms with Crippen LogP contribution < -0.4 is 10.6 Å². The van der Waals surface area contributed by atoms with Gasteiger partial charge in [-0.15, -0.1) is 0 Å². The number of hydrogen-bond acceptors (Lipinski definition) is 3. The fourth-order valence-corrected chi connectivity index (χ4v) is 1.67. The molecular weight excluding hydrogens is 260 g/mol. The van der Waals surface area contributed by atoms with Gasteiger partial charge in [-0.25, -0.2) is 9.59 Å². The molecule has 1 unspecified atom stereocenters. The molecule has 20 heavy (non-hydrogen) atoms. The second-order valence-corrected chi connectivity index (χ2v) is 4.36. The summed E-state index contributed by atoms with van der Waals surface area (Å²) < 4.78 is 5.17. The highest BCUT2D eigenvalue weighted by Gasteiger charge is 2.22. The van der Waals surface area contributed by atoms with Crippen molar-refractivity contribution in [2.75, 3.05) is 13.2 Å². The topological polar surface area (TPSA) is 87.7 Å². The highest BCUT2D eigenvalue weighted by Crippen LogP contribution is 2.12. The Morgan fingerprint density at radius 1 is 1.25 bits per heavy atom. The van der Waals surface area contributed by atoms with Crippen LogP contribution in [-0.4, -0.2) is 36.4 Å². The van der Waals surface area contributed by atoms with Crippen molar-refractivity contribution in [2.24, 2.45) is 0 Å². The molecular formula is C14H20N2O4. The molecule has 6 nitrogen and oxygen atoms in total. The summed E-state index contributed by atoms with van der Waals surface area (Å²) in [6, 6.07) is 6.74. The predicted octanol–water partition coefficient (Wildman–Crippen LogP) is 1.54. The zero-order chi connectivity index (χ0) is 15.0. The third kappa shape index (κ3) is 5.27. The molecule has 0 aliphatic carbocycles. The van der Waals surface area contributed by atoms with Crippen molar-refractivity contribution in [1.29, 1.82) is 0 Å². The van der Waals surface area contributed by atoms with Gasteiger partial charge in [0.15, 0.2) is 6.04 Å². The van der Waals surface area contributed by atoms with Crippen molar-refractivity contribution in [3.63, 3.8) is 0 Å². The van der Waals surface area contributed by atoms with Crippen LogP contribution in [0.15, 0.2) is 30.3 Å². The van der Waals surface area contributed by atoms with Gasteiger partial charge >= 0.3 is 12.0 Å². The monoisotopic (exact) mass is 280 g/mol. The molecule has 0 heterocycles. The first-order chi connectivity index (χ1) is 9.54. The van der Waals surface area contributed by atoms with Crippen LogP contribution in [0.2, 0.25) is 0 Å². The van der Waals surface area contributed by atoms with Gasteiger partial charge in [-0.3, -0.25) is 0 Å². The summed E-state index contributed by atoms with van der Waals surface area (Å²) in [4.78, 5) is 23.0. The van der Waals surface area contributed by atoms with Gasteiger partial charge in [-0.05, 0) is 19.4 Å². The normalized spacial score (nSPS) is 13.3. The molecule has 1 aromatic carbocycles. The van der Waals surface area contributed by atoms with E-state index in [2.05, 4.69) is 10.6 Å². The summed E-state index contributed by atoms with van der Waals surface area (Å²) in [6.07, 6.45) is 0. The average Bonchev–Trinajstić information content (AvgIpc) is 2.43. The molecule has 0 saturated carbocycles. The second-order valence-electron chi connectivity index (χ2n) is 4.36. The van der Waals surface area contributed by atoms with E-state index in [1.807, 2.05) is 6.92 Å². The Kier molecular flexibility index (Phi) is 6.52. The highest BCUT2D eigenvalue weighted by molar-refractivity contribution is 5.83. The van der Waals surface area contributed by atoms with Gasteiger partial charge in [-0.1, -0.05) is 30.3 Å². The van der Waals surface area contributed by atoms with Crippen molar-refractivity contribution in [1.82, 2.24) is 10.6 Å². The van der Waals surface area contributed by atoms with E-state index in [9.17, 15) is 14.7 Å². The third-order valence-corrected chi connectivity index (χ3v) is 2.60. The fourth-order valence-electron chi connectivity index (χ4n) is 1.67. The zero-order valence-corrected chi connectivity index (χ0v) is 11.6. The Bertz CT molecular complexity index is 436. The SMILES string of the molecule is CCOCC(C)NC(=O)N[C@H](C(=O)O)c1ccccc1. The molecule has 0 saturated heterocycles. The number of urea groups is 1. The maximum atomic E-state index is 11.8. The molecule has 0 aliphatic rings. The number of rotatable bonds is 7. The first kappa shape index (κ1) is 16.0. The Morgan fingerprint density at radius 2 is 1.90 bits per heavy atom. The molecule has 0 fully saturated rings. The van der Waals surface area contributed by atoms with E-state index < -0.39 is 18.0 Å². The van der Waals surface area contributed by atoms with E-state index >= 15 is 0 Å². The maximum absolute atomic E-state index is 11.8. The zero-order valence-electron chi connectivity index (χ0n) is 11.6. The van der Waals surface area contributed by atoms with Gasteiger partial charge in [0.1, 0.15) is 0 Å². The van der Waals surface area contributed by atoms with Gasteiger partial charge in [-0.2, -0.15) is 0 Å². The van der Waals surface area contributed by atoms with Crippen LogP contribution >= 0.6 is 0 Å². The largest absolute Gasteiger partial charge is 0.479 e. The molecule has 3 N–H and O–H groups in total. The van der Waals surface area contributed by atoms with Crippen LogP contribution in [0.5, 0.6) is 0 Å². The van der Waals surface area contributed by atoms with Crippen LogP contribution in [0, 0.1) is 0 Å². The van der Waals surface area contributed by atoms with E-state index in [1.165, 1.54) is 0 Å². The highest BCUT2D eigenvalue weighted by atomic mass is 16.5. The van der Waals surface area contributed by atoms with E-state index in [0.29, 0.717) is 18.8 Å². The summed E-state index contributed by atoms with van der Waals surface area (Å²) >= 11 is 0. The van der Waals surface area contributed by atoms with Gasteiger partial charge in [0.05, 0.1) is 12.6 Å². The van der Waals surface area contributed by atoms with E-state index in [1.54, 1.807) is 37.3 Å². The summed E-state index contributed by atoms with van der Waals surface area (Å²) in [5.74, 6) is -1.11. The summed E-state index contributed by atoms with van der Waals surface area (Å²) in [7, 11) is 0.